The van der Waals surface area contributed by atoms with Gasteiger partial charge in [-0.1, -0.05) is 32.9 Å². The number of hydrogen-bond acceptors (Lipinski definition) is 5. The molecule has 5 heteroatoms. The highest BCUT2D eigenvalue weighted by atomic mass is 16.7. The maximum absolute atomic E-state index is 12.8. The van der Waals surface area contributed by atoms with E-state index in [2.05, 4.69) is 26.1 Å². The van der Waals surface area contributed by atoms with Crippen LogP contribution in [0.25, 0.3) is 5.70 Å². The molecule has 0 aromatic heterocycles. The maximum Gasteiger partial charge on any atom is 0.231 e. The molecule has 5 nitrogen and oxygen atoms in total. The van der Waals surface area contributed by atoms with Crippen molar-refractivity contribution in [2.45, 2.75) is 45.6 Å². The van der Waals surface area contributed by atoms with Gasteiger partial charge in [0.25, 0.3) is 0 Å². The molecule has 2 heterocycles. The van der Waals surface area contributed by atoms with Crippen molar-refractivity contribution in [3.05, 3.63) is 59.2 Å². The van der Waals surface area contributed by atoms with Gasteiger partial charge in [0.2, 0.25) is 6.79 Å². The van der Waals surface area contributed by atoms with Crippen LogP contribution in [-0.4, -0.2) is 25.2 Å². The number of benzene rings is 2. The van der Waals surface area contributed by atoms with Crippen LogP contribution in [0.4, 0.5) is 0 Å². The van der Waals surface area contributed by atoms with E-state index in [1.165, 1.54) is 5.56 Å². The van der Waals surface area contributed by atoms with Crippen molar-refractivity contribution < 1.29 is 19.0 Å². The SMILES string of the molecule is CC(Oc1ccc(C(C)(C)C)cc1)C(=O)/C=C1\NCCc2cc3c(cc21)OCO3. The molecule has 0 aliphatic carbocycles. The number of carbonyl (C=O) groups excluding carboxylic acids is 1. The normalized spacial score (nSPS) is 17.4. The van der Waals surface area contributed by atoms with E-state index in [4.69, 9.17) is 14.2 Å². The van der Waals surface area contributed by atoms with Crippen molar-refractivity contribution in [2.75, 3.05) is 13.3 Å². The van der Waals surface area contributed by atoms with Crippen LogP contribution in [-0.2, 0) is 16.6 Å². The molecular formula is C24H27NO4. The third-order valence-corrected chi connectivity index (χ3v) is 5.32. The van der Waals surface area contributed by atoms with Crippen LogP contribution >= 0.6 is 0 Å². The van der Waals surface area contributed by atoms with Crippen LogP contribution in [0.1, 0.15) is 44.4 Å². The largest absolute Gasteiger partial charge is 0.483 e. The third-order valence-electron chi connectivity index (χ3n) is 5.32. The Kier molecular flexibility index (Phi) is 4.99. The van der Waals surface area contributed by atoms with E-state index < -0.39 is 6.10 Å². The lowest BCUT2D eigenvalue weighted by atomic mass is 9.87. The summed E-state index contributed by atoms with van der Waals surface area (Å²) in [5.41, 5.74) is 4.24. The average Bonchev–Trinajstić information content (AvgIpc) is 3.13. The third kappa shape index (κ3) is 4.09. The van der Waals surface area contributed by atoms with Crippen LogP contribution in [0.2, 0.25) is 0 Å². The van der Waals surface area contributed by atoms with Crippen molar-refractivity contribution in [2.24, 2.45) is 0 Å². The summed E-state index contributed by atoms with van der Waals surface area (Å²) in [6.07, 6.45) is 1.93. The Morgan fingerprint density at radius 3 is 2.52 bits per heavy atom. The van der Waals surface area contributed by atoms with Crippen molar-refractivity contribution in [1.29, 1.82) is 0 Å². The van der Waals surface area contributed by atoms with Gasteiger partial charge in [-0.2, -0.15) is 0 Å². The van der Waals surface area contributed by atoms with Crippen LogP contribution < -0.4 is 19.5 Å². The lowest BCUT2D eigenvalue weighted by Gasteiger charge is -2.22. The van der Waals surface area contributed by atoms with E-state index in [9.17, 15) is 4.79 Å². The van der Waals surface area contributed by atoms with Crippen molar-refractivity contribution in [3.63, 3.8) is 0 Å². The minimum Gasteiger partial charge on any atom is -0.483 e. The van der Waals surface area contributed by atoms with Crippen LogP contribution in [0.3, 0.4) is 0 Å². The smallest absolute Gasteiger partial charge is 0.231 e. The predicted octanol–water partition coefficient (Wildman–Crippen LogP) is 4.24. The summed E-state index contributed by atoms with van der Waals surface area (Å²) in [6.45, 7) is 9.30. The fourth-order valence-corrected chi connectivity index (χ4v) is 3.55. The second kappa shape index (κ2) is 7.47. The van der Waals surface area contributed by atoms with E-state index >= 15 is 0 Å². The number of ketones is 1. The van der Waals surface area contributed by atoms with Gasteiger partial charge in [0, 0.05) is 23.9 Å². The van der Waals surface area contributed by atoms with Gasteiger partial charge in [-0.05, 0) is 54.2 Å². The van der Waals surface area contributed by atoms with E-state index in [0.717, 1.165) is 35.5 Å². The first-order valence-electron chi connectivity index (χ1n) is 10.0. The zero-order chi connectivity index (χ0) is 20.6. The van der Waals surface area contributed by atoms with Gasteiger partial charge in [0.15, 0.2) is 23.4 Å². The molecule has 0 radical (unpaired) electrons. The molecule has 0 fully saturated rings. The van der Waals surface area contributed by atoms with Crippen molar-refractivity contribution in [1.82, 2.24) is 5.32 Å². The first-order chi connectivity index (χ1) is 13.8. The van der Waals surface area contributed by atoms with Crippen molar-refractivity contribution >= 4 is 11.5 Å². The topological polar surface area (TPSA) is 56.8 Å². The lowest BCUT2D eigenvalue weighted by molar-refractivity contribution is -0.120. The molecule has 0 saturated heterocycles. The van der Waals surface area contributed by atoms with Gasteiger partial charge in [-0.3, -0.25) is 4.79 Å². The molecule has 0 amide bonds. The molecule has 29 heavy (non-hydrogen) atoms. The van der Waals surface area contributed by atoms with Gasteiger partial charge in [0.1, 0.15) is 5.75 Å². The number of hydrogen-bond donors (Lipinski definition) is 1. The van der Waals surface area contributed by atoms with E-state index in [0.29, 0.717) is 11.5 Å². The number of rotatable bonds is 4. The van der Waals surface area contributed by atoms with E-state index in [1.54, 1.807) is 13.0 Å². The zero-order valence-corrected chi connectivity index (χ0v) is 17.4. The van der Waals surface area contributed by atoms with Gasteiger partial charge < -0.3 is 19.5 Å². The highest BCUT2D eigenvalue weighted by Crippen LogP contribution is 2.38. The molecule has 2 aromatic rings. The minimum absolute atomic E-state index is 0.0827. The highest BCUT2D eigenvalue weighted by Gasteiger charge is 2.23. The standard InChI is InChI=1S/C24H27NO4/c1-15(29-18-7-5-17(6-8-18)24(2,3)4)21(26)13-20-19-12-23-22(27-14-28-23)11-16(19)9-10-25-20/h5-8,11-13,15,25H,9-10,14H2,1-4H3/b20-13-. The molecule has 0 saturated carbocycles. The first kappa shape index (κ1) is 19.4. The minimum atomic E-state index is -0.579. The quantitative estimate of drug-likeness (QED) is 0.788. The Hall–Kier alpha value is -2.95. The van der Waals surface area contributed by atoms with Gasteiger partial charge in [0.05, 0.1) is 0 Å². The second-order valence-electron chi connectivity index (χ2n) is 8.53. The molecular weight excluding hydrogens is 366 g/mol. The molecule has 152 valence electrons. The van der Waals surface area contributed by atoms with E-state index in [-0.39, 0.29) is 18.0 Å². The molecule has 0 spiro atoms. The number of carbonyl (C=O) groups is 1. The molecule has 0 bridgehead atoms. The van der Waals surface area contributed by atoms with Gasteiger partial charge in [-0.15, -0.1) is 0 Å². The number of fused-ring (bicyclic) bond motifs is 2. The monoisotopic (exact) mass is 393 g/mol. The van der Waals surface area contributed by atoms with E-state index in [1.807, 2.05) is 36.4 Å². The molecule has 4 rings (SSSR count). The molecule has 1 N–H and O–H groups in total. The Morgan fingerprint density at radius 1 is 1.14 bits per heavy atom. The summed E-state index contributed by atoms with van der Waals surface area (Å²) < 4.78 is 16.8. The number of nitrogens with one attached hydrogen (secondary N) is 1. The first-order valence-corrected chi connectivity index (χ1v) is 10.0. The Labute approximate surface area is 171 Å². The fourth-order valence-electron chi connectivity index (χ4n) is 3.55. The maximum atomic E-state index is 12.8. The molecule has 2 aromatic carbocycles. The molecule has 1 unspecified atom stereocenters. The molecule has 2 aliphatic heterocycles. The van der Waals surface area contributed by atoms with Gasteiger partial charge >= 0.3 is 0 Å². The predicted molar refractivity (Wildman–Crippen MR) is 112 cm³/mol. The lowest BCUT2D eigenvalue weighted by Crippen LogP contribution is -2.27. The average molecular weight is 393 g/mol. The Morgan fingerprint density at radius 2 is 1.83 bits per heavy atom. The molecule has 1 atom stereocenters. The zero-order valence-electron chi connectivity index (χ0n) is 17.4. The summed E-state index contributed by atoms with van der Waals surface area (Å²) in [6, 6.07) is 11.9. The van der Waals surface area contributed by atoms with Crippen LogP contribution in [0.15, 0.2) is 42.5 Å². The number of ether oxygens (including phenoxy) is 3. The summed E-state index contributed by atoms with van der Waals surface area (Å²) in [5.74, 6) is 2.09. The van der Waals surface area contributed by atoms with Crippen LogP contribution in [0, 0.1) is 0 Å². The summed E-state index contributed by atoms with van der Waals surface area (Å²) in [5, 5.41) is 3.33. The van der Waals surface area contributed by atoms with Crippen molar-refractivity contribution in [3.8, 4) is 17.2 Å². The fraction of sp³-hybridized carbons (Fsp3) is 0.375. The summed E-state index contributed by atoms with van der Waals surface area (Å²) in [4.78, 5) is 12.8. The second-order valence-corrected chi connectivity index (χ2v) is 8.53. The molecule has 2 aliphatic rings. The summed E-state index contributed by atoms with van der Waals surface area (Å²) in [7, 11) is 0. The highest BCUT2D eigenvalue weighted by molar-refractivity contribution is 6.00. The Bertz CT molecular complexity index is 954. The summed E-state index contributed by atoms with van der Waals surface area (Å²) >= 11 is 0. The van der Waals surface area contributed by atoms with Crippen LogP contribution in [0.5, 0.6) is 17.2 Å². The van der Waals surface area contributed by atoms with Gasteiger partial charge in [-0.25, -0.2) is 0 Å². The Balaban J connectivity index is 1.50.